The second-order valence-electron chi connectivity index (χ2n) is 22.2. The minimum Gasteiger partial charge on any atom is -0.112 e. The Kier molecular flexibility index (Phi) is 16.9. The third-order valence-electron chi connectivity index (χ3n) is 18.7. The van der Waals surface area contributed by atoms with E-state index in [2.05, 4.69) is 118 Å². The molecule has 0 aliphatic rings. The van der Waals surface area contributed by atoms with E-state index in [0.29, 0.717) is 16.4 Å². The van der Waals surface area contributed by atoms with Crippen LogP contribution in [0.25, 0.3) is 65.3 Å². The first-order valence-corrected chi connectivity index (χ1v) is 26.2. The Morgan fingerprint density at radius 1 is 0.243 bits per heavy atom. The Labute approximate surface area is 467 Å². The van der Waals surface area contributed by atoms with Crippen molar-refractivity contribution >= 4 is 223 Å². The third-order valence-corrected chi connectivity index (χ3v) is 18.7. The first-order chi connectivity index (χ1) is 34.4. The van der Waals surface area contributed by atoms with Gasteiger partial charge in [-0.05, 0) is 285 Å². The van der Waals surface area contributed by atoms with Crippen molar-refractivity contribution in [1.82, 2.24) is 0 Å². The molecule has 7 aromatic rings. The molecule has 0 amide bonds. The van der Waals surface area contributed by atoms with Crippen LogP contribution in [0.5, 0.6) is 0 Å². The van der Waals surface area contributed by atoms with Crippen LogP contribution in [-0.2, 0) is 0 Å². The molecule has 0 N–H and O–H groups in total. The SMILES string of the molecule is [B][B]B(B([B])[B])c1c(B(B([B])[B])B([B])[B])c(C)c2c(C)c(C)c(-c3c(C)c(C)c(C)c4c(-c5c(C)c(C)c6c(C)c(C)c(C)c(C)c6c5C)c5c(C)c(C)c(C)c(C)c5c(C)c34)c(B([B])[B][B])c2c1B([B])B([B])[B]. The average Bonchev–Trinajstić information content (AvgIpc) is 3.33. The van der Waals surface area contributed by atoms with Crippen LogP contribution >= 0.6 is 0 Å². The highest BCUT2D eigenvalue weighted by molar-refractivity contribution is 7.85. The molecule has 0 aliphatic heterocycles. The standard InChI is InChI=1S/C52H54B22/c1-19-20(2)25(7)38-34(16)40(31(13)30(12)37(38)24(19)6)47-42-27(9)22(4)21(3)26(8)39(42)35(17)45-43(28(10)23(5)29(11)44(45)47)46-33(15)32(14)41-36(18)49(70(73(61)62)74(63)64)52(69(66-54)72(59)60)51(68(56)71(57)58)48(41)50(46)67(55)65-53/h1-18H3. The van der Waals surface area contributed by atoms with Crippen LogP contribution in [0.3, 0.4) is 0 Å². The van der Waals surface area contributed by atoms with E-state index in [0.717, 1.165) is 55.0 Å². The molecule has 7 aromatic carbocycles. The second kappa shape index (κ2) is 21.3. The first kappa shape index (κ1) is 58.7. The summed E-state index contributed by atoms with van der Waals surface area (Å²) in [4.78, 5) is 0. The molecule has 7 rings (SSSR count). The molecule has 0 saturated carbocycles. The van der Waals surface area contributed by atoms with Crippen LogP contribution in [0.4, 0.5) is 0 Å². The molecule has 0 aliphatic carbocycles. The van der Waals surface area contributed by atoms with Crippen molar-refractivity contribution in [1.29, 1.82) is 0 Å². The van der Waals surface area contributed by atoms with Crippen molar-refractivity contribution in [3.63, 3.8) is 0 Å². The van der Waals surface area contributed by atoms with Crippen molar-refractivity contribution in [2.24, 2.45) is 0 Å². The molecular weight excluding hydrogens is 862 g/mol. The Bertz CT molecular complexity index is 3510. The largest absolute Gasteiger partial charge is 0.112 e. The fourth-order valence-electron chi connectivity index (χ4n) is 13.7. The Balaban J connectivity index is 1.94. The molecule has 328 valence electrons. The van der Waals surface area contributed by atoms with E-state index in [4.69, 9.17) is 92.8 Å². The summed E-state index contributed by atoms with van der Waals surface area (Å²) >= 11 is 0. The van der Waals surface area contributed by atoms with E-state index < -0.39 is 51.5 Å². The van der Waals surface area contributed by atoms with Crippen LogP contribution in [-0.4, -0.2) is 158 Å². The zero-order chi connectivity index (χ0) is 55.7. The fourth-order valence-corrected chi connectivity index (χ4v) is 13.7. The van der Waals surface area contributed by atoms with Gasteiger partial charge < -0.3 is 0 Å². The van der Waals surface area contributed by atoms with Crippen LogP contribution in [0, 0.1) is 125 Å². The minimum absolute atomic E-state index is 0.548. The lowest BCUT2D eigenvalue weighted by atomic mass is 8.70. The van der Waals surface area contributed by atoms with Crippen molar-refractivity contribution in [3.05, 3.63) is 100 Å². The van der Waals surface area contributed by atoms with E-state index in [1.807, 2.05) is 6.92 Å². The Morgan fingerprint density at radius 3 is 1.01 bits per heavy atom. The molecule has 0 saturated heterocycles. The number of benzene rings is 7. The van der Waals surface area contributed by atoms with Crippen LogP contribution < -0.4 is 21.9 Å². The summed E-state index contributed by atoms with van der Waals surface area (Å²) in [5, 5.41) is 9.10. The highest BCUT2D eigenvalue weighted by Crippen LogP contribution is 2.53. The smallest absolute Gasteiger partial charge is 0.0821 e. The fraction of sp³-hybridized carbons (Fsp3) is 0.346. The molecule has 0 unspecified atom stereocenters. The molecule has 0 bridgehead atoms. The van der Waals surface area contributed by atoms with Crippen LogP contribution in [0.15, 0.2) is 0 Å². The maximum absolute atomic E-state index is 7.53. The minimum atomic E-state index is -1.08. The summed E-state index contributed by atoms with van der Waals surface area (Å²) in [7, 11) is 84.6. The summed E-state index contributed by atoms with van der Waals surface area (Å²) in [6.07, 6.45) is -4.12. The summed E-state index contributed by atoms with van der Waals surface area (Å²) in [5.74, 6) is 0. The molecule has 0 heterocycles. The zero-order valence-corrected chi connectivity index (χ0v) is 47.7. The van der Waals surface area contributed by atoms with Crippen molar-refractivity contribution in [2.45, 2.75) is 125 Å². The van der Waals surface area contributed by atoms with Gasteiger partial charge >= 0.3 is 0 Å². The lowest BCUT2D eigenvalue weighted by Crippen LogP contribution is -2.74. The van der Waals surface area contributed by atoms with E-state index in [1.165, 1.54) is 130 Å². The van der Waals surface area contributed by atoms with Gasteiger partial charge in [0.2, 0.25) is 0 Å². The summed E-state index contributed by atoms with van der Waals surface area (Å²) in [5.41, 5.74) is 28.7. The van der Waals surface area contributed by atoms with Gasteiger partial charge in [0.15, 0.2) is 0 Å². The van der Waals surface area contributed by atoms with Gasteiger partial charge in [-0.3, -0.25) is 0 Å². The Hall–Kier alpha value is -2.99. The third kappa shape index (κ3) is 8.57. The summed E-state index contributed by atoms with van der Waals surface area (Å²) in [6.45, 7) is 37.1. The lowest BCUT2D eigenvalue weighted by molar-refractivity contribution is 1.22. The van der Waals surface area contributed by atoms with Gasteiger partial charge in [-0.25, -0.2) is 0 Å². The Morgan fingerprint density at radius 2 is 0.595 bits per heavy atom. The molecule has 0 nitrogen and oxygen atoms in total. The van der Waals surface area contributed by atoms with E-state index in [-0.39, 0.29) is 0 Å². The highest BCUT2D eigenvalue weighted by Gasteiger charge is 2.39. The molecule has 0 atom stereocenters. The highest BCUT2D eigenvalue weighted by atomic mass is 14.3. The number of fused-ring (bicyclic) bond motifs is 4. The predicted molar refractivity (Wildman–Crippen MR) is 358 cm³/mol. The molecular formula is C52H54B22. The van der Waals surface area contributed by atoms with E-state index >= 15 is 0 Å². The quantitative estimate of drug-likeness (QED) is 0.130. The maximum atomic E-state index is 7.53. The predicted octanol–water partition coefficient (Wildman–Crippen LogP) is 3.51. The average molecular weight is 917 g/mol. The normalized spacial score (nSPS) is 11.5. The zero-order valence-electron chi connectivity index (χ0n) is 47.7. The van der Waals surface area contributed by atoms with Gasteiger partial charge in [0.25, 0.3) is 0 Å². The maximum Gasteiger partial charge on any atom is 0.0821 e. The van der Waals surface area contributed by atoms with Crippen molar-refractivity contribution in [2.75, 3.05) is 0 Å². The molecule has 74 heavy (non-hydrogen) atoms. The van der Waals surface area contributed by atoms with Gasteiger partial charge in [0.05, 0.1) is 26.0 Å². The van der Waals surface area contributed by atoms with Gasteiger partial charge in [0.1, 0.15) is 0 Å². The van der Waals surface area contributed by atoms with Crippen molar-refractivity contribution in [3.8, 4) is 22.3 Å². The van der Waals surface area contributed by atoms with Gasteiger partial charge in [-0.15, -0.1) is 10.9 Å². The molecule has 0 fully saturated rings. The van der Waals surface area contributed by atoms with Gasteiger partial charge in [-0.2, -0.15) is 0 Å². The molecule has 22 heteroatoms. The second-order valence-corrected chi connectivity index (χ2v) is 22.2. The van der Waals surface area contributed by atoms with Gasteiger partial charge in [0, 0.05) is 133 Å². The first-order valence-electron chi connectivity index (χ1n) is 26.2. The van der Waals surface area contributed by atoms with Crippen LogP contribution in [0.1, 0.15) is 100 Å². The summed E-state index contributed by atoms with van der Waals surface area (Å²) in [6, 6.07) is 0. The molecule has 0 spiro atoms. The number of hydrogen-bond acceptors (Lipinski definition) is 0. The monoisotopic (exact) mass is 921 g/mol. The van der Waals surface area contributed by atoms with Crippen LogP contribution in [0.2, 0.25) is 0 Å². The molecule has 0 aromatic heterocycles. The van der Waals surface area contributed by atoms with Crippen molar-refractivity contribution < 1.29 is 0 Å². The number of aryl methyl sites for hydroxylation is 10. The number of rotatable bonds is 12. The van der Waals surface area contributed by atoms with E-state index in [9.17, 15) is 0 Å². The summed E-state index contributed by atoms with van der Waals surface area (Å²) < 4.78 is 0. The lowest BCUT2D eigenvalue weighted by Gasteiger charge is -2.39. The topological polar surface area (TPSA) is 0 Å². The van der Waals surface area contributed by atoms with Gasteiger partial charge in [-0.1, -0.05) is 16.5 Å². The van der Waals surface area contributed by atoms with E-state index in [1.54, 1.807) is 0 Å². The molecule has 26 radical (unpaired) electrons. The number of hydrogen-bond donors (Lipinski definition) is 0.